The predicted octanol–water partition coefficient (Wildman–Crippen LogP) is 8.18. The minimum atomic E-state index is 0.592. The Morgan fingerprint density at radius 3 is 1.57 bits per heavy atom. The van der Waals surface area contributed by atoms with Crippen molar-refractivity contribution in [1.29, 1.82) is 0 Å². The number of fused-ring (bicyclic) bond motifs is 3. The highest BCUT2D eigenvalue weighted by Gasteiger charge is 2.16. The van der Waals surface area contributed by atoms with E-state index < -0.39 is 0 Å². The van der Waals surface area contributed by atoms with Crippen LogP contribution in [0, 0.1) is 0 Å². The molecule has 8 aromatic rings. The van der Waals surface area contributed by atoms with Crippen LogP contribution >= 0.6 is 0 Å². The van der Waals surface area contributed by atoms with E-state index in [9.17, 15) is 0 Å². The van der Waals surface area contributed by atoms with Crippen LogP contribution < -0.4 is 0 Å². The molecule has 6 heteroatoms. The third-order valence-electron chi connectivity index (χ3n) is 7.49. The summed E-state index contributed by atoms with van der Waals surface area (Å²) in [7, 11) is 0. The fourth-order valence-electron chi connectivity index (χ4n) is 5.36. The van der Waals surface area contributed by atoms with E-state index in [1.807, 2.05) is 91.1 Å². The second kappa shape index (κ2) is 9.94. The number of para-hydroxylation sites is 2. The Morgan fingerprint density at radius 2 is 0.929 bits per heavy atom. The molecule has 0 atom stereocenters. The van der Waals surface area contributed by atoms with Gasteiger partial charge in [0.15, 0.2) is 17.5 Å². The Bertz CT molecular complexity index is 2150. The minimum Gasteiger partial charge on any atom is -0.256 e. The van der Waals surface area contributed by atoms with Gasteiger partial charge in [0.2, 0.25) is 0 Å². The number of hydrogen-bond acceptors (Lipinski definition) is 6. The van der Waals surface area contributed by atoms with Crippen molar-refractivity contribution in [3.05, 3.63) is 134 Å². The number of rotatable bonds is 4. The highest BCUT2D eigenvalue weighted by atomic mass is 15.0. The second-order valence-corrected chi connectivity index (χ2v) is 10.1. The lowest BCUT2D eigenvalue weighted by Crippen LogP contribution is -2.01. The van der Waals surface area contributed by atoms with Gasteiger partial charge in [-0.3, -0.25) is 15.0 Å². The van der Waals surface area contributed by atoms with Crippen molar-refractivity contribution in [1.82, 2.24) is 29.9 Å². The fraction of sp³-hybridized carbons (Fsp3) is 0. The summed E-state index contributed by atoms with van der Waals surface area (Å²) in [4.78, 5) is 28.8. The van der Waals surface area contributed by atoms with Crippen molar-refractivity contribution >= 4 is 32.6 Å². The first kappa shape index (κ1) is 24.0. The molecule has 6 nitrogen and oxygen atoms in total. The highest BCUT2D eigenvalue weighted by molar-refractivity contribution is 5.95. The molecular weight excluding hydrogens is 516 g/mol. The van der Waals surface area contributed by atoms with Crippen LogP contribution in [0.2, 0.25) is 0 Å². The highest BCUT2D eigenvalue weighted by Crippen LogP contribution is 2.32. The molecular formula is C36H22N6. The maximum atomic E-state index is 5.01. The van der Waals surface area contributed by atoms with E-state index in [1.165, 1.54) is 0 Å². The zero-order chi connectivity index (χ0) is 27.9. The number of benzene rings is 4. The van der Waals surface area contributed by atoms with Crippen LogP contribution in [-0.2, 0) is 0 Å². The summed E-state index contributed by atoms with van der Waals surface area (Å²) in [6.07, 6.45) is 5.52. The van der Waals surface area contributed by atoms with Crippen LogP contribution in [0.25, 0.3) is 78.0 Å². The molecule has 0 amide bonds. The van der Waals surface area contributed by atoms with E-state index >= 15 is 0 Å². The SMILES string of the molecule is c1ccc2cc(-c3ccc(-c4nc(-c5ccnc6ccccc56)nc(-c5ccnc6ccccc56)n4)cc3)ncc2c1. The number of pyridine rings is 3. The lowest BCUT2D eigenvalue weighted by molar-refractivity contribution is 1.08. The Balaban J connectivity index is 1.29. The molecule has 42 heavy (non-hydrogen) atoms. The van der Waals surface area contributed by atoms with Gasteiger partial charge in [-0.2, -0.15) is 0 Å². The molecule has 0 saturated carbocycles. The molecule has 0 fully saturated rings. The van der Waals surface area contributed by atoms with Crippen LogP contribution in [0.5, 0.6) is 0 Å². The first-order chi connectivity index (χ1) is 20.8. The van der Waals surface area contributed by atoms with Gasteiger partial charge in [0.1, 0.15) is 0 Å². The molecule has 0 aliphatic carbocycles. The molecule has 8 rings (SSSR count). The van der Waals surface area contributed by atoms with Gasteiger partial charge in [0.05, 0.1) is 16.7 Å². The molecule has 0 spiro atoms. The average Bonchev–Trinajstić information content (AvgIpc) is 3.07. The predicted molar refractivity (Wildman–Crippen MR) is 167 cm³/mol. The third-order valence-corrected chi connectivity index (χ3v) is 7.49. The summed E-state index contributed by atoms with van der Waals surface area (Å²) in [6, 6.07) is 38.6. The number of aromatic nitrogens is 6. The van der Waals surface area contributed by atoms with Crippen molar-refractivity contribution in [3.8, 4) is 45.4 Å². The standard InChI is InChI=1S/C36H22N6/c1-2-8-26-22-39-33(21-25(26)7-1)23-13-15-24(16-14-23)34-40-35(29-17-19-37-31-11-5-3-9-27(29)31)42-36(41-34)30-18-20-38-32-12-6-4-10-28(30)32/h1-22H. The molecule has 0 unspecified atom stereocenters. The number of hydrogen-bond donors (Lipinski definition) is 0. The van der Waals surface area contributed by atoms with E-state index in [-0.39, 0.29) is 0 Å². The maximum Gasteiger partial charge on any atom is 0.164 e. The molecule has 0 aliphatic rings. The van der Waals surface area contributed by atoms with Crippen LogP contribution in [0.15, 0.2) is 134 Å². The smallest absolute Gasteiger partial charge is 0.164 e. The molecule has 4 heterocycles. The van der Waals surface area contributed by atoms with E-state index in [0.29, 0.717) is 17.5 Å². The summed E-state index contributed by atoms with van der Waals surface area (Å²) in [5.41, 5.74) is 6.42. The summed E-state index contributed by atoms with van der Waals surface area (Å²) in [5, 5.41) is 4.25. The van der Waals surface area contributed by atoms with Crippen LogP contribution in [0.3, 0.4) is 0 Å². The fourth-order valence-corrected chi connectivity index (χ4v) is 5.36. The number of nitrogens with zero attached hydrogens (tertiary/aromatic N) is 6. The second-order valence-electron chi connectivity index (χ2n) is 10.1. The average molecular weight is 539 g/mol. The molecule has 196 valence electrons. The van der Waals surface area contributed by atoms with E-state index in [2.05, 4.69) is 40.3 Å². The van der Waals surface area contributed by atoms with Gasteiger partial charge in [-0.15, -0.1) is 0 Å². The summed E-state index contributed by atoms with van der Waals surface area (Å²) in [6.45, 7) is 0. The first-order valence-corrected chi connectivity index (χ1v) is 13.7. The molecule has 0 bridgehead atoms. The summed E-state index contributed by atoms with van der Waals surface area (Å²) in [5.74, 6) is 1.78. The molecule has 0 N–H and O–H groups in total. The maximum absolute atomic E-state index is 5.01. The lowest BCUT2D eigenvalue weighted by Gasteiger charge is -2.11. The topological polar surface area (TPSA) is 77.3 Å². The van der Waals surface area contributed by atoms with E-state index in [1.54, 1.807) is 12.4 Å². The molecule has 0 radical (unpaired) electrons. The van der Waals surface area contributed by atoms with Gasteiger partial charge in [-0.25, -0.2) is 15.0 Å². The largest absolute Gasteiger partial charge is 0.256 e. The Morgan fingerprint density at radius 1 is 0.405 bits per heavy atom. The molecule has 4 aromatic carbocycles. The molecule has 0 saturated heterocycles. The van der Waals surface area contributed by atoms with E-state index in [4.69, 9.17) is 19.9 Å². The van der Waals surface area contributed by atoms with Crippen molar-refractivity contribution in [2.75, 3.05) is 0 Å². The van der Waals surface area contributed by atoms with Crippen molar-refractivity contribution < 1.29 is 0 Å². The zero-order valence-corrected chi connectivity index (χ0v) is 22.4. The first-order valence-electron chi connectivity index (χ1n) is 13.7. The van der Waals surface area contributed by atoms with Crippen LogP contribution in [-0.4, -0.2) is 29.9 Å². The van der Waals surface area contributed by atoms with Gasteiger partial charge < -0.3 is 0 Å². The van der Waals surface area contributed by atoms with Crippen molar-refractivity contribution in [3.63, 3.8) is 0 Å². The quantitative estimate of drug-likeness (QED) is 0.225. The van der Waals surface area contributed by atoms with Crippen LogP contribution in [0.4, 0.5) is 0 Å². The van der Waals surface area contributed by atoms with E-state index in [0.717, 1.165) is 60.5 Å². The third kappa shape index (κ3) is 4.22. The minimum absolute atomic E-state index is 0.592. The molecule has 4 aromatic heterocycles. The van der Waals surface area contributed by atoms with Gasteiger partial charge in [0, 0.05) is 57.0 Å². The Hall–Kier alpha value is -5.88. The lowest BCUT2D eigenvalue weighted by atomic mass is 10.0. The Kier molecular flexibility index (Phi) is 5.67. The summed E-state index contributed by atoms with van der Waals surface area (Å²) < 4.78 is 0. The van der Waals surface area contributed by atoms with Gasteiger partial charge >= 0.3 is 0 Å². The van der Waals surface area contributed by atoms with Gasteiger partial charge in [-0.1, -0.05) is 84.9 Å². The monoisotopic (exact) mass is 538 g/mol. The molecule has 0 aliphatic heterocycles. The van der Waals surface area contributed by atoms with Gasteiger partial charge in [0.25, 0.3) is 0 Å². The normalized spacial score (nSPS) is 11.3. The van der Waals surface area contributed by atoms with Crippen molar-refractivity contribution in [2.24, 2.45) is 0 Å². The Labute approximate surface area is 241 Å². The van der Waals surface area contributed by atoms with Crippen LogP contribution in [0.1, 0.15) is 0 Å². The summed E-state index contributed by atoms with van der Waals surface area (Å²) >= 11 is 0. The van der Waals surface area contributed by atoms with Crippen molar-refractivity contribution in [2.45, 2.75) is 0 Å². The van der Waals surface area contributed by atoms with Gasteiger partial charge in [-0.05, 0) is 35.7 Å². The zero-order valence-electron chi connectivity index (χ0n) is 22.4.